The van der Waals surface area contributed by atoms with E-state index in [1.807, 2.05) is 32.9 Å². The van der Waals surface area contributed by atoms with E-state index >= 15 is 0 Å². The first-order valence-corrected chi connectivity index (χ1v) is 13.7. The lowest BCUT2D eigenvalue weighted by Crippen LogP contribution is -2.49. The summed E-state index contributed by atoms with van der Waals surface area (Å²) >= 11 is 0. The van der Waals surface area contributed by atoms with Crippen LogP contribution >= 0.6 is 0 Å². The second-order valence-electron chi connectivity index (χ2n) is 8.88. The molecule has 2 aromatic rings. The number of aryl methyl sites for hydroxylation is 1. The minimum atomic E-state index is -3.55. The van der Waals surface area contributed by atoms with E-state index in [9.17, 15) is 22.4 Å². The number of hydrogen-bond donors (Lipinski definition) is 1. The van der Waals surface area contributed by atoms with Gasteiger partial charge in [0, 0.05) is 31.1 Å². The number of anilines is 1. The summed E-state index contributed by atoms with van der Waals surface area (Å²) in [4.78, 5) is 27.4. The zero-order chi connectivity index (χ0) is 26.2. The third-order valence-corrected chi connectivity index (χ3v) is 7.14. The molecule has 2 unspecified atom stereocenters. The van der Waals surface area contributed by atoms with E-state index in [1.165, 1.54) is 15.3 Å². The molecule has 0 aliphatic carbocycles. The van der Waals surface area contributed by atoms with Gasteiger partial charge in [-0.15, -0.1) is 0 Å². The summed E-state index contributed by atoms with van der Waals surface area (Å²) in [5.41, 5.74) is 1.84. The molecule has 0 saturated carbocycles. The molecule has 9 heteroatoms. The van der Waals surface area contributed by atoms with Gasteiger partial charge in [0.15, 0.2) is 0 Å². The van der Waals surface area contributed by atoms with Crippen LogP contribution in [0.3, 0.4) is 0 Å². The zero-order valence-electron chi connectivity index (χ0n) is 21.1. The second-order valence-corrected chi connectivity index (χ2v) is 10.8. The molecule has 2 rings (SSSR count). The number of carbonyl (C=O) groups is 2. The molecule has 0 aliphatic heterocycles. The summed E-state index contributed by atoms with van der Waals surface area (Å²) in [5, 5.41) is 2.87. The van der Waals surface area contributed by atoms with Crippen molar-refractivity contribution in [2.24, 2.45) is 0 Å². The standard InChI is InChI=1S/C26H36FN3O4S/c1-6-20(3)28-26(32)21(4)29(18-22-10-7-8-11-24(22)27)25(31)12-9-17-30(35(5,33)34)23-15-13-19(2)14-16-23/h7-8,10-11,13-16,20-21H,6,9,12,17-18H2,1-5H3,(H,28,32). The summed E-state index contributed by atoms with van der Waals surface area (Å²) in [6.45, 7) is 7.39. The third kappa shape index (κ3) is 8.35. The van der Waals surface area contributed by atoms with Gasteiger partial charge in [-0.05, 0) is 51.8 Å². The minimum Gasteiger partial charge on any atom is -0.352 e. The number of benzene rings is 2. The average molecular weight is 506 g/mol. The van der Waals surface area contributed by atoms with Crippen molar-refractivity contribution < 1.29 is 22.4 Å². The van der Waals surface area contributed by atoms with Gasteiger partial charge in [0.2, 0.25) is 21.8 Å². The van der Waals surface area contributed by atoms with Gasteiger partial charge in [-0.1, -0.05) is 42.8 Å². The summed E-state index contributed by atoms with van der Waals surface area (Å²) < 4.78 is 40.3. The van der Waals surface area contributed by atoms with Crippen molar-refractivity contribution in [1.82, 2.24) is 10.2 Å². The third-order valence-electron chi connectivity index (χ3n) is 5.94. The molecule has 0 saturated heterocycles. The molecule has 35 heavy (non-hydrogen) atoms. The van der Waals surface area contributed by atoms with Gasteiger partial charge in [0.05, 0.1) is 11.9 Å². The lowest BCUT2D eigenvalue weighted by atomic mass is 10.1. The highest BCUT2D eigenvalue weighted by molar-refractivity contribution is 7.92. The molecule has 192 valence electrons. The van der Waals surface area contributed by atoms with Crippen LogP contribution in [-0.4, -0.2) is 50.0 Å². The Kier molecular flexibility index (Phi) is 10.2. The Bertz CT molecular complexity index is 1110. The number of hydrogen-bond acceptors (Lipinski definition) is 4. The van der Waals surface area contributed by atoms with Crippen LogP contribution in [0.25, 0.3) is 0 Å². The number of halogens is 1. The maximum absolute atomic E-state index is 14.3. The molecule has 0 spiro atoms. The van der Waals surface area contributed by atoms with E-state index < -0.39 is 21.9 Å². The normalized spacial score (nSPS) is 13.1. The van der Waals surface area contributed by atoms with E-state index in [-0.39, 0.29) is 43.8 Å². The van der Waals surface area contributed by atoms with Crippen LogP contribution in [0.2, 0.25) is 0 Å². The van der Waals surface area contributed by atoms with Crippen LogP contribution in [0.1, 0.15) is 51.2 Å². The number of carbonyl (C=O) groups excluding carboxylic acids is 2. The van der Waals surface area contributed by atoms with Crippen LogP contribution in [-0.2, 0) is 26.2 Å². The molecule has 0 heterocycles. The number of nitrogens with zero attached hydrogens (tertiary/aromatic N) is 2. The Morgan fingerprint density at radius 1 is 1.06 bits per heavy atom. The molecule has 2 atom stereocenters. The first kappa shape index (κ1) is 28.3. The summed E-state index contributed by atoms with van der Waals surface area (Å²) in [7, 11) is -3.55. The fourth-order valence-electron chi connectivity index (χ4n) is 3.57. The van der Waals surface area contributed by atoms with Crippen molar-refractivity contribution in [3.63, 3.8) is 0 Å². The van der Waals surface area contributed by atoms with E-state index in [0.717, 1.165) is 18.2 Å². The molecule has 1 N–H and O–H groups in total. The van der Waals surface area contributed by atoms with Gasteiger partial charge in [0.25, 0.3) is 0 Å². The van der Waals surface area contributed by atoms with Crippen molar-refractivity contribution in [2.45, 2.75) is 65.6 Å². The molecule has 7 nitrogen and oxygen atoms in total. The van der Waals surface area contributed by atoms with Gasteiger partial charge in [-0.3, -0.25) is 13.9 Å². The monoisotopic (exact) mass is 505 g/mol. The van der Waals surface area contributed by atoms with Crippen molar-refractivity contribution in [3.05, 3.63) is 65.5 Å². The van der Waals surface area contributed by atoms with Gasteiger partial charge >= 0.3 is 0 Å². The van der Waals surface area contributed by atoms with Crippen molar-refractivity contribution in [3.8, 4) is 0 Å². The first-order valence-electron chi connectivity index (χ1n) is 11.8. The zero-order valence-corrected chi connectivity index (χ0v) is 21.9. The van der Waals surface area contributed by atoms with E-state index in [4.69, 9.17) is 0 Å². The predicted molar refractivity (Wildman–Crippen MR) is 137 cm³/mol. The fourth-order valence-corrected chi connectivity index (χ4v) is 4.54. The van der Waals surface area contributed by atoms with Gasteiger partial charge in [-0.2, -0.15) is 0 Å². The molecule has 0 aromatic heterocycles. The van der Waals surface area contributed by atoms with Crippen LogP contribution < -0.4 is 9.62 Å². The van der Waals surface area contributed by atoms with Gasteiger partial charge in [0.1, 0.15) is 11.9 Å². The topological polar surface area (TPSA) is 86.8 Å². The molecule has 0 bridgehead atoms. The smallest absolute Gasteiger partial charge is 0.242 e. The van der Waals surface area contributed by atoms with Crippen LogP contribution in [0.15, 0.2) is 48.5 Å². The van der Waals surface area contributed by atoms with Gasteiger partial charge < -0.3 is 10.2 Å². The summed E-state index contributed by atoms with van der Waals surface area (Å²) in [6, 6.07) is 12.4. The summed E-state index contributed by atoms with van der Waals surface area (Å²) in [5.74, 6) is -1.12. The molecule has 0 fully saturated rings. The predicted octanol–water partition coefficient (Wildman–Crippen LogP) is 4.01. The first-order chi connectivity index (χ1) is 16.4. The van der Waals surface area contributed by atoms with E-state index in [0.29, 0.717) is 11.3 Å². The largest absolute Gasteiger partial charge is 0.352 e. The van der Waals surface area contributed by atoms with Crippen LogP contribution in [0.4, 0.5) is 10.1 Å². The Hall–Kier alpha value is -2.94. The molecular formula is C26H36FN3O4S. The van der Waals surface area contributed by atoms with E-state index in [1.54, 1.807) is 37.3 Å². The highest BCUT2D eigenvalue weighted by atomic mass is 32.2. The highest BCUT2D eigenvalue weighted by Crippen LogP contribution is 2.20. The van der Waals surface area contributed by atoms with Crippen molar-refractivity contribution in [1.29, 1.82) is 0 Å². The number of rotatable bonds is 12. The number of amides is 2. The van der Waals surface area contributed by atoms with Gasteiger partial charge in [-0.25, -0.2) is 12.8 Å². The molecular weight excluding hydrogens is 469 g/mol. The molecule has 0 aliphatic rings. The Labute approximate surface area is 208 Å². The quantitative estimate of drug-likeness (QED) is 0.472. The molecule has 2 amide bonds. The maximum atomic E-state index is 14.3. The lowest BCUT2D eigenvalue weighted by molar-refractivity contribution is -0.141. The Morgan fingerprint density at radius 3 is 2.26 bits per heavy atom. The minimum absolute atomic E-state index is 0.00723. The van der Waals surface area contributed by atoms with Crippen LogP contribution in [0, 0.1) is 12.7 Å². The molecule has 2 aromatic carbocycles. The van der Waals surface area contributed by atoms with Crippen molar-refractivity contribution >= 4 is 27.5 Å². The Balaban J connectivity index is 2.18. The number of nitrogens with one attached hydrogen (secondary N) is 1. The highest BCUT2D eigenvalue weighted by Gasteiger charge is 2.27. The molecule has 0 radical (unpaired) electrons. The fraction of sp³-hybridized carbons (Fsp3) is 0.462. The van der Waals surface area contributed by atoms with E-state index in [2.05, 4.69) is 5.32 Å². The lowest BCUT2D eigenvalue weighted by Gasteiger charge is -2.30. The van der Waals surface area contributed by atoms with Crippen molar-refractivity contribution in [2.75, 3.05) is 17.1 Å². The van der Waals surface area contributed by atoms with Crippen LogP contribution in [0.5, 0.6) is 0 Å². The second kappa shape index (κ2) is 12.7. The summed E-state index contributed by atoms with van der Waals surface area (Å²) in [6.07, 6.45) is 2.11. The maximum Gasteiger partial charge on any atom is 0.242 e. The average Bonchev–Trinajstić information content (AvgIpc) is 2.80. The SMILES string of the molecule is CCC(C)NC(=O)C(C)N(Cc1ccccc1F)C(=O)CCCN(c1ccc(C)cc1)S(C)(=O)=O. The Morgan fingerprint density at radius 2 is 1.69 bits per heavy atom. The number of sulfonamides is 1.